The summed E-state index contributed by atoms with van der Waals surface area (Å²) in [5, 5.41) is 6.82. The molecular weight excluding hydrogens is 529 g/mol. The van der Waals surface area contributed by atoms with Gasteiger partial charge in [0.15, 0.2) is 17.5 Å². The molecule has 190 valence electrons. The summed E-state index contributed by atoms with van der Waals surface area (Å²) in [5.41, 5.74) is 1.23. The number of rotatable bonds is 14. The topological polar surface area (TPSA) is 61.4 Å². The molecule has 1 saturated heterocycles. The van der Waals surface area contributed by atoms with Crippen molar-refractivity contribution < 1.29 is 9.47 Å². The number of guanidine groups is 1. The van der Waals surface area contributed by atoms with Crippen LogP contribution in [0.15, 0.2) is 23.2 Å². The normalized spacial score (nSPS) is 15.1. The van der Waals surface area contributed by atoms with Crippen molar-refractivity contribution in [3.63, 3.8) is 0 Å². The molecule has 1 fully saturated rings. The van der Waals surface area contributed by atoms with Crippen LogP contribution in [-0.2, 0) is 6.42 Å². The maximum atomic E-state index is 5.74. The van der Waals surface area contributed by atoms with Crippen molar-refractivity contribution in [2.75, 3.05) is 72.1 Å². The number of benzene rings is 1. The van der Waals surface area contributed by atoms with Crippen molar-refractivity contribution >= 4 is 29.9 Å². The molecule has 0 atom stereocenters. The fourth-order valence-corrected chi connectivity index (χ4v) is 3.89. The summed E-state index contributed by atoms with van der Waals surface area (Å²) in [6.07, 6.45) is 3.24. The van der Waals surface area contributed by atoms with Gasteiger partial charge >= 0.3 is 0 Å². The molecule has 0 bridgehead atoms. The number of likely N-dealkylation sites (N-methyl/N-ethyl adjacent to an activating group) is 1. The quantitative estimate of drug-likeness (QED) is 0.153. The molecule has 0 saturated carbocycles. The summed E-state index contributed by atoms with van der Waals surface area (Å²) in [4.78, 5) is 9.88. The number of ether oxygens (including phenoxy) is 2. The van der Waals surface area contributed by atoms with Crippen LogP contribution >= 0.6 is 24.0 Å². The highest BCUT2D eigenvalue weighted by Gasteiger charge is 2.14. The van der Waals surface area contributed by atoms with Crippen molar-refractivity contribution in [2.24, 2.45) is 4.99 Å². The minimum Gasteiger partial charge on any atom is -0.490 e. The lowest BCUT2D eigenvalue weighted by Gasteiger charge is -2.33. The molecule has 1 heterocycles. The number of halogens is 1. The van der Waals surface area contributed by atoms with E-state index < -0.39 is 0 Å². The highest BCUT2D eigenvalue weighted by molar-refractivity contribution is 14.0. The second-order valence-corrected chi connectivity index (χ2v) is 8.07. The van der Waals surface area contributed by atoms with Gasteiger partial charge in [0.1, 0.15) is 0 Å². The minimum absolute atomic E-state index is 0. The Kier molecular flexibility index (Phi) is 16.3. The van der Waals surface area contributed by atoms with Crippen molar-refractivity contribution in [3.05, 3.63) is 23.8 Å². The molecule has 1 aliphatic heterocycles. The first-order chi connectivity index (χ1) is 15.7. The molecule has 0 amide bonds. The van der Waals surface area contributed by atoms with Gasteiger partial charge in [-0.3, -0.25) is 4.99 Å². The fraction of sp³-hybridized carbons (Fsp3) is 0.720. The SMILES string of the molecule is CCNC(=NCCCCN1CCN(CC)CC1)NCCc1ccc(OCC)c(OCC)c1.I. The van der Waals surface area contributed by atoms with E-state index >= 15 is 0 Å². The van der Waals surface area contributed by atoms with E-state index in [4.69, 9.17) is 14.5 Å². The van der Waals surface area contributed by atoms with E-state index in [1.807, 2.05) is 19.9 Å². The highest BCUT2D eigenvalue weighted by atomic mass is 127. The third-order valence-corrected chi connectivity index (χ3v) is 5.72. The third-order valence-electron chi connectivity index (χ3n) is 5.72. The van der Waals surface area contributed by atoms with Crippen LogP contribution in [0.5, 0.6) is 11.5 Å². The molecular formula is C25H46IN5O2. The summed E-state index contributed by atoms with van der Waals surface area (Å²) >= 11 is 0. The van der Waals surface area contributed by atoms with Gasteiger partial charge in [0.05, 0.1) is 13.2 Å². The minimum atomic E-state index is 0. The largest absolute Gasteiger partial charge is 0.490 e. The van der Waals surface area contributed by atoms with Gasteiger partial charge in [0.2, 0.25) is 0 Å². The van der Waals surface area contributed by atoms with Crippen molar-refractivity contribution in [1.29, 1.82) is 0 Å². The smallest absolute Gasteiger partial charge is 0.191 e. The predicted molar refractivity (Wildman–Crippen MR) is 150 cm³/mol. The van der Waals surface area contributed by atoms with Crippen LogP contribution in [0.4, 0.5) is 0 Å². The molecule has 1 aromatic carbocycles. The number of aliphatic imine (C=N–C) groups is 1. The van der Waals surface area contributed by atoms with Gasteiger partial charge in [0.25, 0.3) is 0 Å². The summed E-state index contributed by atoms with van der Waals surface area (Å²) in [6, 6.07) is 6.20. The van der Waals surface area contributed by atoms with Crippen LogP contribution in [0.3, 0.4) is 0 Å². The molecule has 2 rings (SSSR count). The zero-order valence-corrected chi connectivity index (χ0v) is 23.5. The monoisotopic (exact) mass is 575 g/mol. The van der Waals surface area contributed by atoms with Crippen molar-refractivity contribution in [1.82, 2.24) is 20.4 Å². The summed E-state index contributed by atoms with van der Waals surface area (Å²) in [6.45, 7) is 19.4. The van der Waals surface area contributed by atoms with Crippen LogP contribution in [0, 0.1) is 0 Å². The molecule has 33 heavy (non-hydrogen) atoms. The molecule has 0 aromatic heterocycles. The maximum Gasteiger partial charge on any atom is 0.191 e. The predicted octanol–water partition coefficient (Wildman–Crippen LogP) is 3.62. The van der Waals surface area contributed by atoms with Gasteiger partial charge in [-0.05, 0) is 70.8 Å². The summed E-state index contributed by atoms with van der Waals surface area (Å²) in [5.74, 6) is 2.54. The van der Waals surface area contributed by atoms with E-state index in [9.17, 15) is 0 Å². The zero-order chi connectivity index (χ0) is 23.0. The fourth-order valence-electron chi connectivity index (χ4n) is 3.89. The molecule has 0 unspecified atom stereocenters. The van der Waals surface area contributed by atoms with Crippen LogP contribution in [0.2, 0.25) is 0 Å². The van der Waals surface area contributed by atoms with E-state index in [0.29, 0.717) is 13.2 Å². The second-order valence-electron chi connectivity index (χ2n) is 8.07. The van der Waals surface area contributed by atoms with Gasteiger partial charge < -0.3 is 29.9 Å². The molecule has 0 spiro atoms. The Bertz CT molecular complexity index is 666. The lowest BCUT2D eigenvalue weighted by Crippen LogP contribution is -2.46. The average molecular weight is 576 g/mol. The Morgan fingerprint density at radius 2 is 1.61 bits per heavy atom. The van der Waals surface area contributed by atoms with E-state index in [0.717, 1.165) is 49.9 Å². The number of piperazine rings is 1. The first-order valence-corrected chi connectivity index (χ1v) is 12.5. The Balaban J connectivity index is 0.00000544. The number of hydrogen-bond acceptors (Lipinski definition) is 5. The van der Waals surface area contributed by atoms with E-state index in [1.54, 1.807) is 0 Å². The van der Waals surface area contributed by atoms with Crippen LogP contribution in [-0.4, -0.2) is 87.9 Å². The van der Waals surface area contributed by atoms with E-state index in [1.165, 1.54) is 51.3 Å². The Morgan fingerprint density at radius 3 is 2.27 bits per heavy atom. The number of nitrogens with one attached hydrogen (secondary N) is 2. The summed E-state index contributed by atoms with van der Waals surface area (Å²) in [7, 11) is 0. The molecule has 0 aliphatic carbocycles. The maximum absolute atomic E-state index is 5.74. The molecule has 0 radical (unpaired) electrons. The zero-order valence-electron chi connectivity index (χ0n) is 21.2. The molecule has 1 aliphatic rings. The van der Waals surface area contributed by atoms with Gasteiger partial charge in [0, 0.05) is 45.8 Å². The van der Waals surface area contributed by atoms with Gasteiger partial charge in [-0.1, -0.05) is 13.0 Å². The lowest BCUT2D eigenvalue weighted by molar-refractivity contribution is 0.136. The third kappa shape index (κ3) is 11.6. The molecule has 1 aromatic rings. The Labute approximate surface area is 218 Å². The van der Waals surface area contributed by atoms with Gasteiger partial charge in [-0.25, -0.2) is 0 Å². The first-order valence-electron chi connectivity index (χ1n) is 12.5. The highest BCUT2D eigenvalue weighted by Crippen LogP contribution is 2.28. The standard InChI is InChI=1S/C25H45N5O2.HI/c1-5-26-25(27-14-9-10-16-30-19-17-29(6-2)18-20-30)28-15-13-22-11-12-23(31-7-3)24(21-22)32-8-4;/h11-12,21H,5-10,13-20H2,1-4H3,(H2,26,27,28);1H. The number of hydrogen-bond donors (Lipinski definition) is 2. The van der Waals surface area contributed by atoms with Crippen molar-refractivity contribution in [3.8, 4) is 11.5 Å². The molecule has 8 heteroatoms. The Morgan fingerprint density at radius 1 is 0.909 bits per heavy atom. The average Bonchev–Trinajstić information content (AvgIpc) is 2.81. The van der Waals surface area contributed by atoms with E-state index in [-0.39, 0.29) is 24.0 Å². The first kappa shape index (κ1) is 29.8. The number of unbranched alkanes of at least 4 members (excludes halogenated alkanes) is 1. The number of nitrogens with zero attached hydrogens (tertiary/aromatic N) is 3. The second kappa shape index (κ2) is 18.1. The van der Waals surface area contributed by atoms with Crippen LogP contribution in [0.1, 0.15) is 46.1 Å². The van der Waals surface area contributed by atoms with E-state index in [2.05, 4.69) is 46.4 Å². The van der Waals surface area contributed by atoms with Crippen LogP contribution < -0.4 is 20.1 Å². The molecule has 7 nitrogen and oxygen atoms in total. The van der Waals surface area contributed by atoms with Gasteiger partial charge in [-0.15, -0.1) is 24.0 Å². The van der Waals surface area contributed by atoms with Crippen molar-refractivity contribution in [2.45, 2.75) is 47.0 Å². The lowest BCUT2D eigenvalue weighted by atomic mass is 10.1. The van der Waals surface area contributed by atoms with Crippen LogP contribution in [0.25, 0.3) is 0 Å². The van der Waals surface area contributed by atoms with Gasteiger partial charge in [-0.2, -0.15) is 0 Å². The summed E-state index contributed by atoms with van der Waals surface area (Å²) < 4.78 is 11.4. The Hall–Kier alpha value is -1.26. The molecule has 2 N–H and O–H groups in total.